The molecule has 2 rings (SSSR count). The Kier molecular flexibility index (Phi) is 5.15. The summed E-state index contributed by atoms with van der Waals surface area (Å²) in [6.07, 6.45) is 3.52. The van der Waals surface area contributed by atoms with Crippen molar-refractivity contribution >= 4 is 23.5 Å². The zero-order valence-electron chi connectivity index (χ0n) is 10.8. The molecule has 1 aliphatic rings. The summed E-state index contributed by atoms with van der Waals surface area (Å²) in [6, 6.07) is 1.89. The highest BCUT2D eigenvalue weighted by Gasteiger charge is 2.16. The summed E-state index contributed by atoms with van der Waals surface area (Å²) in [5, 5.41) is 11.9. The molecule has 0 aromatic carbocycles. The Morgan fingerprint density at radius 2 is 2.55 bits per heavy atom. The predicted octanol–water partition coefficient (Wildman–Crippen LogP) is 0.318. The zero-order valence-corrected chi connectivity index (χ0v) is 11.7. The van der Waals surface area contributed by atoms with Gasteiger partial charge < -0.3 is 15.8 Å². The molecule has 1 aromatic heterocycles. The van der Waals surface area contributed by atoms with Crippen molar-refractivity contribution in [1.82, 2.24) is 15.3 Å². The average Bonchev–Trinajstić information content (AvgIpc) is 2.96. The lowest BCUT2D eigenvalue weighted by atomic mass is 10.2. The topological polar surface area (TPSA) is 114 Å². The van der Waals surface area contributed by atoms with Crippen molar-refractivity contribution in [3.63, 3.8) is 0 Å². The first-order chi connectivity index (χ1) is 9.69. The smallest absolute Gasteiger partial charge is 0.230 e. The van der Waals surface area contributed by atoms with E-state index in [2.05, 4.69) is 15.3 Å². The number of rotatable bonds is 5. The molecule has 1 amide bonds. The van der Waals surface area contributed by atoms with Gasteiger partial charge in [-0.2, -0.15) is 5.26 Å². The van der Waals surface area contributed by atoms with Crippen molar-refractivity contribution in [2.75, 3.05) is 24.6 Å². The van der Waals surface area contributed by atoms with Crippen molar-refractivity contribution in [1.29, 1.82) is 5.26 Å². The van der Waals surface area contributed by atoms with Gasteiger partial charge in [-0.05, 0) is 12.8 Å². The van der Waals surface area contributed by atoms with Gasteiger partial charge >= 0.3 is 0 Å². The van der Waals surface area contributed by atoms with Crippen molar-refractivity contribution in [2.45, 2.75) is 24.1 Å². The summed E-state index contributed by atoms with van der Waals surface area (Å²) in [6.45, 7) is 1.31. The maximum absolute atomic E-state index is 11.7. The number of carbonyl (C=O) groups excluding carboxylic acids is 1. The van der Waals surface area contributed by atoms with Crippen molar-refractivity contribution in [3.8, 4) is 6.07 Å². The third kappa shape index (κ3) is 4.08. The van der Waals surface area contributed by atoms with Crippen LogP contribution in [0.1, 0.15) is 18.4 Å². The third-order valence-electron chi connectivity index (χ3n) is 2.80. The Labute approximate surface area is 120 Å². The highest BCUT2D eigenvalue weighted by atomic mass is 32.2. The molecular weight excluding hydrogens is 278 g/mol. The van der Waals surface area contributed by atoms with Crippen LogP contribution in [0.2, 0.25) is 0 Å². The molecule has 3 N–H and O–H groups in total. The standard InChI is InChI=1S/C12H15N5O2S/c13-4-8-5-16-12(17-11(8)14)20-7-10(18)15-6-9-2-1-3-19-9/h5,9H,1-3,6-7H2,(H,15,18)(H2,14,16,17)/t9-/m0/s1. The second-order valence-corrected chi connectivity index (χ2v) is 5.23. The van der Waals surface area contributed by atoms with Gasteiger partial charge in [-0.15, -0.1) is 0 Å². The van der Waals surface area contributed by atoms with Gasteiger partial charge in [0, 0.05) is 13.2 Å². The number of aromatic nitrogens is 2. The Morgan fingerprint density at radius 1 is 1.70 bits per heavy atom. The van der Waals surface area contributed by atoms with E-state index in [4.69, 9.17) is 15.7 Å². The second-order valence-electron chi connectivity index (χ2n) is 4.29. The molecule has 2 heterocycles. The first-order valence-electron chi connectivity index (χ1n) is 6.22. The first-order valence-corrected chi connectivity index (χ1v) is 7.21. The average molecular weight is 293 g/mol. The number of anilines is 1. The molecule has 1 fully saturated rings. The van der Waals surface area contributed by atoms with Crippen LogP contribution in [0.25, 0.3) is 0 Å². The summed E-state index contributed by atoms with van der Waals surface area (Å²) in [5.74, 6) is 0.236. The van der Waals surface area contributed by atoms with Gasteiger partial charge in [-0.3, -0.25) is 4.79 Å². The van der Waals surface area contributed by atoms with Crippen LogP contribution in [0.4, 0.5) is 5.82 Å². The minimum Gasteiger partial charge on any atom is -0.382 e. The van der Waals surface area contributed by atoms with Gasteiger partial charge in [-0.1, -0.05) is 11.8 Å². The number of carbonyl (C=O) groups is 1. The van der Waals surface area contributed by atoms with Gasteiger partial charge in [0.2, 0.25) is 5.91 Å². The van der Waals surface area contributed by atoms with Crippen LogP contribution in [0, 0.1) is 11.3 Å². The Morgan fingerprint density at radius 3 is 3.20 bits per heavy atom. The normalized spacial score (nSPS) is 17.6. The molecule has 0 unspecified atom stereocenters. The number of hydrogen-bond acceptors (Lipinski definition) is 7. The molecule has 1 aliphatic heterocycles. The van der Waals surface area contributed by atoms with Gasteiger partial charge in [0.1, 0.15) is 17.5 Å². The molecule has 0 saturated carbocycles. The minimum absolute atomic E-state index is 0.1000. The van der Waals surface area contributed by atoms with E-state index in [-0.39, 0.29) is 29.1 Å². The molecule has 8 heteroatoms. The van der Waals surface area contributed by atoms with E-state index in [1.54, 1.807) is 0 Å². The molecule has 1 atom stereocenters. The van der Waals surface area contributed by atoms with E-state index < -0.39 is 0 Å². The number of nitrogens with zero attached hydrogens (tertiary/aromatic N) is 3. The molecule has 0 bridgehead atoms. The van der Waals surface area contributed by atoms with Crippen LogP contribution >= 0.6 is 11.8 Å². The number of nitrogen functional groups attached to an aromatic ring is 1. The van der Waals surface area contributed by atoms with E-state index >= 15 is 0 Å². The minimum atomic E-state index is -0.1000. The van der Waals surface area contributed by atoms with Crippen LogP contribution in [-0.2, 0) is 9.53 Å². The summed E-state index contributed by atoms with van der Waals surface area (Å²) >= 11 is 1.18. The number of amides is 1. The van der Waals surface area contributed by atoms with Crippen molar-refractivity contribution in [3.05, 3.63) is 11.8 Å². The van der Waals surface area contributed by atoms with Crippen LogP contribution in [0.15, 0.2) is 11.4 Å². The van der Waals surface area contributed by atoms with E-state index in [0.29, 0.717) is 11.7 Å². The van der Waals surface area contributed by atoms with Crippen LogP contribution in [0.5, 0.6) is 0 Å². The molecule has 0 spiro atoms. The molecule has 0 aliphatic carbocycles. The summed E-state index contributed by atoms with van der Waals surface area (Å²) in [7, 11) is 0. The fourth-order valence-electron chi connectivity index (χ4n) is 1.75. The van der Waals surface area contributed by atoms with E-state index in [1.807, 2.05) is 6.07 Å². The number of nitriles is 1. The number of nitrogens with one attached hydrogen (secondary N) is 1. The molecule has 7 nitrogen and oxygen atoms in total. The second kappa shape index (κ2) is 7.07. The Balaban J connectivity index is 1.75. The molecule has 0 radical (unpaired) electrons. The highest BCUT2D eigenvalue weighted by Crippen LogP contribution is 2.15. The largest absolute Gasteiger partial charge is 0.382 e. The lowest BCUT2D eigenvalue weighted by Gasteiger charge is -2.10. The molecular formula is C12H15N5O2S. The first kappa shape index (κ1) is 14.6. The fourth-order valence-corrected chi connectivity index (χ4v) is 2.40. The van der Waals surface area contributed by atoms with E-state index in [0.717, 1.165) is 19.4 Å². The lowest BCUT2D eigenvalue weighted by Crippen LogP contribution is -2.32. The van der Waals surface area contributed by atoms with Crippen LogP contribution in [-0.4, -0.2) is 40.9 Å². The van der Waals surface area contributed by atoms with Crippen LogP contribution < -0.4 is 11.1 Å². The monoisotopic (exact) mass is 293 g/mol. The van der Waals surface area contributed by atoms with Crippen LogP contribution in [0.3, 0.4) is 0 Å². The maximum Gasteiger partial charge on any atom is 0.230 e. The number of hydrogen-bond donors (Lipinski definition) is 2. The third-order valence-corrected chi connectivity index (χ3v) is 3.66. The highest BCUT2D eigenvalue weighted by molar-refractivity contribution is 7.99. The molecule has 1 saturated heterocycles. The quantitative estimate of drug-likeness (QED) is 0.593. The van der Waals surface area contributed by atoms with Gasteiger partial charge in [0.25, 0.3) is 0 Å². The van der Waals surface area contributed by atoms with E-state index in [1.165, 1.54) is 18.0 Å². The molecule has 20 heavy (non-hydrogen) atoms. The van der Waals surface area contributed by atoms with Gasteiger partial charge in [0.05, 0.1) is 18.1 Å². The Hall–Kier alpha value is -1.85. The maximum atomic E-state index is 11.7. The SMILES string of the molecule is N#Cc1cnc(SCC(=O)NC[C@@H]2CCCO2)nc1N. The zero-order chi connectivity index (χ0) is 14.4. The molecule has 106 valence electrons. The molecule has 1 aromatic rings. The summed E-state index contributed by atoms with van der Waals surface area (Å²) in [5.41, 5.74) is 5.81. The number of thioether (sulfide) groups is 1. The fraction of sp³-hybridized carbons (Fsp3) is 0.500. The van der Waals surface area contributed by atoms with E-state index in [9.17, 15) is 4.79 Å². The lowest BCUT2D eigenvalue weighted by molar-refractivity contribution is -0.119. The van der Waals surface area contributed by atoms with Crippen molar-refractivity contribution < 1.29 is 9.53 Å². The van der Waals surface area contributed by atoms with Crippen molar-refractivity contribution in [2.24, 2.45) is 0 Å². The Bertz CT molecular complexity index is 525. The van der Waals surface area contributed by atoms with Gasteiger partial charge in [0.15, 0.2) is 5.16 Å². The number of ether oxygens (including phenoxy) is 1. The summed E-state index contributed by atoms with van der Waals surface area (Å²) < 4.78 is 5.41. The predicted molar refractivity (Wildman–Crippen MR) is 73.9 cm³/mol. The van der Waals surface area contributed by atoms with Gasteiger partial charge in [-0.25, -0.2) is 9.97 Å². The number of nitrogens with two attached hydrogens (primary N) is 1. The summed E-state index contributed by atoms with van der Waals surface area (Å²) in [4.78, 5) is 19.6.